The summed E-state index contributed by atoms with van der Waals surface area (Å²) in [5, 5.41) is 14.0. The van der Waals surface area contributed by atoms with Crippen molar-refractivity contribution >= 4 is 6.03 Å². The molecule has 0 spiro atoms. The molecule has 1 aromatic heterocycles. The van der Waals surface area contributed by atoms with Crippen molar-refractivity contribution in [3.8, 4) is 0 Å². The number of carbonyl (C=O) groups excluding carboxylic acids is 1. The number of hydrogen-bond donors (Lipinski definition) is 2. The number of carbonyl (C=O) groups is 1. The van der Waals surface area contributed by atoms with Crippen molar-refractivity contribution < 1.29 is 9.53 Å². The van der Waals surface area contributed by atoms with Gasteiger partial charge in [0.15, 0.2) is 5.82 Å². The normalized spacial score (nSPS) is 22.6. The Morgan fingerprint density at radius 3 is 3.20 bits per heavy atom. The molecule has 2 unspecified atom stereocenters. The van der Waals surface area contributed by atoms with Gasteiger partial charge in [-0.2, -0.15) is 0 Å². The predicted molar refractivity (Wildman–Crippen MR) is 72.2 cm³/mol. The molecule has 0 radical (unpaired) electrons. The number of fused-ring (bicyclic) bond motifs is 1. The maximum absolute atomic E-state index is 11.9. The van der Waals surface area contributed by atoms with E-state index in [4.69, 9.17) is 4.74 Å². The van der Waals surface area contributed by atoms with E-state index in [2.05, 4.69) is 25.4 Å². The van der Waals surface area contributed by atoms with E-state index in [1.807, 2.05) is 6.92 Å². The summed E-state index contributed by atoms with van der Waals surface area (Å²) in [6.45, 7) is 4.14. The number of nitrogens with one attached hydrogen (secondary N) is 2. The first-order valence-electron chi connectivity index (χ1n) is 7.31. The quantitative estimate of drug-likeness (QED) is 0.845. The second kappa shape index (κ2) is 5.78. The van der Waals surface area contributed by atoms with Gasteiger partial charge >= 0.3 is 6.03 Å². The van der Waals surface area contributed by atoms with Gasteiger partial charge in [0, 0.05) is 19.6 Å². The average molecular weight is 279 g/mol. The molecule has 0 bridgehead atoms. The van der Waals surface area contributed by atoms with E-state index in [1.54, 1.807) is 0 Å². The molecule has 20 heavy (non-hydrogen) atoms. The topological polar surface area (TPSA) is 81.1 Å². The number of urea groups is 1. The summed E-state index contributed by atoms with van der Waals surface area (Å²) in [6, 6.07) is -0.148. The van der Waals surface area contributed by atoms with E-state index >= 15 is 0 Å². The van der Waals surface area contributed by atoms with Gasteiger partial charge in [-0.15, -0.1) is 10.2 Å². The van der Waals surface area contributed by atoms with Crippen molar-refractivity contribution in [2.45, 2.75) is 57.8 Å². The standard InChI is InChI=1S/C13H21N5O2/c1-9(10-4-3-7-20-10)15-13(19)14-8-12-17-16-11-5-2-6-18(11)12/h9-10H,2-8H2,1H3,(H2,14,15,19). The smallest absolute Gasteiger partial charge is 0.315 e. The monoisotopic (exact) mass is 279 g/mol. The Balaban J connectivity index is 1.47. The molecule has 1 aromatic rings. The largest absolute Gasteiger partial charge is 0.376 e. The van der Waals surface area contributed by atoms with Gasteiger partial charge in [-0.25, -0.2) is 4.79 Å². The second-order valence-corrected chi connectivity index (χ2v) is 5.45. The highest BCUT2D eigenvalue weighted by Gasteiger charge is 2.24. The van der Waals surface area contributed by atoms with Crippen LogP contribution in [0.5, 0.6) is 0 Å². The molecule has 0 aromatic carbocycles. The molecule has 2 N–H and O–H groups in total. The van der Waals surface area contributed by atoms with Crippen molar-refractivity contribution in [3.05, 3.63) is 11.6 Å². The lowest BCUT2D eigenvalue weighted by atomic mass is 10.1. The number of aromatic nitrogens is 3. The summed E-state index contributed by atoms with van der Waals surface area (Å²) in [7, 11) is 0. The number of rotatable bonds is 4. The summed E-state index contributed by atoms with van der Waals surface area (Å²) >= 11 is 0. The van der Waals surface area contributed by atoms with Gasteiger partial charge in [0.25, 0.3) is 0 Å². The Morgan fingerprint density at radius 2 is 2.40 bits per heavy atom. The molecule has 3 rings (SSSR count). The van der Waals surface area contributed by atoms with Crippen molar-refractivity contribution in [1.29, 1.82) is 0 Å². The van der Waals surface area contributed by atoms with Crippen molar-refractivity contribution in [1.82, 2.24) is 25.4 Å². The van der Waals surface area contributed by atoms with Gasteiger partial charge in [0.05, 0.1) is 18.7 Å². The molecule has 1 fully saturated rings. The first kappa shape index (κ1) is 13.4. The van der Waals surface area contributed by atoms with E-state index < -0.39 is 0 Å². The first-order chi connectivity index (χ1) is 9.74. The van der Waals surface area contributed by atoms with Gasteiger partial charge in [-0.05, 0) is 26.2 Å². The minimum absolute atomic E-state index is 0.0293. The van der Waals surface area contributed by atoms with Crippen LogP contribution in [0.4, 0.5) is 4.79 Å². The highest BCUT2D eigenvalue weighted by atomic mass is 16.5. The molecule has 2 aliphatic heterocycles. The van der Waals surface area contributed by atoms with Crippen LogP contribution in [0.1, 0.15) is 37.8 Å². The highest BCUT2D eigenvalue weighted by molar-refractivity contribution is 5.74. The van der Waals surface area contributed by atoms with Crippen molar-refractivity contribution in [2.75, 3.05) is 6.61 Å². The Hall–Kier alpha value is -1.63. The lowest BCUT2D eigenvalue weighted by molar-refractivity contribution is 0.0860. The third-order valence-corrected chi connectivity index (χ3v) is 3.97. The summed E-state index contributed by atoms with van der Waals surface area (Å²) in [6.07, 6.45) is 4.32. The van der Waals surface area contributed by atoms with Crippen LogP contribution in [0.25, 0.3) is 0 Å². The fourth-order valence-electron chi connectivity index (χ4n) is 2.85. The van der Waals surface area contributed by atoms with E-state index in [0.29, 0.717) is 6.54 Å². The molecule has 110 valence electrons. The lowest BCUT2D eigenvalue weighted by Gasteiger charge is -2.20. The van der Waals surface area contributed by atoms with Crippen LogP contribution in [0.3, 0.4) is 0 Å². The zero-order chi connectivity index (χ0) is 13.9. The number of nitrogens with zero attached hydrogens (tertiary/aromatic N) is 3. The number of hydrogen-bond acceptors (Lipinski definition) is 4. The van der Waals surface area contributed by atoms with Gasteiger partial charge in [0.2, 0.25) is 0 Å². The minimum atomic E-state index is -0.177. The molecular weight excluding hydrogens is 258 g/mol. The Labute approximate surface area is 118 Å². The van der Waals surface area contributed by atoms with Crippen LogP contribution in [-0.4, -0.2) is 39.5 Å². The lowest BCUT2D eigenvalue weighted by Crippen LogP contribution is -2.45. The Morgan fingerprint density at radius 1 is 1.50 bits per heavy atom. The highest BCUT2D eigenvalue weighted by Crippen LogP contribution is 2.15. The van der Waals surface area contributed by atoms with E-state index in [1.165, 1.54) is 0 Å². The Kier molecular flexibility index (Phi) is 3.86. The molecule has 0 saturated carbocycles. The van der Waals surface area contributed by atoms with Crippen molar-refractivity contribution in [2.24, 2.45) is 0 Å². The van der Waals surface area contributed by atoms with Gasteiger partial charge in [-0.1, -0.05) is 0 Å². The Bertz CT molecular complexity index is 481. The molecule has 2 aliphatic rings. The molecule has 3 heterocycles. The van der Waals surface area contributed by atoms with Crippen LogP contribution in [0.2, 0.25) is 0 Å². The van der Waals surface area contributed by atoms with E-state index in [9.17, 15) is 4.79 Å². The molecule has 7 heteroatoms. The molecule has 2 atom stereocenters. The first-order valence-corrected chi connectivity index (χ1v) is 7.31. The number of aryl methyl sites for hydroxylation is 1. The SMILES string of the molecule is CC(NC(=O)NCc1nnc2n1CCC2)C1CCCO1. The van der Waals surface area contributed by atoms with Gasteiger partial charge < -0.3 is 19.9 Å². The molecule has 7 nitrogen and oxygen atoms in total. The summed E-state index contributed by atoms with van der Waals surface area (Å²) < 4.78 is 7.64. The third-order valence-electron chi connectivity index (χ3n) is 3.97. The fourth-order valence-corrected chi connectivity index (χ4v) is 2.85. The molecule has 0 aliphatic carbocycles. The molecular formula is C13H21N5O2. The third kappa shape index (κ3) is 2.77. The summed E-state index contributed by atoms with van der Waals surface area (Å²) in [4.78, 5) is 11.9. The van der Waals surface area contributed by atoms with E-state index in [-0.39, 0.29) is 18.2 Å². The number of ether oxygens (including phenoxy) is 1. The number of amides is 2. The minimum Gasteiger partial charge on any atom is -0.376 e. The van der Waals surface area contributed by atoms with Crippen LogP contribution < -0.4 is 10.6 Å². The second-order valence-electron chi connectivity index (χ2n) is 5.45. The fraction of sp³-hybridized carbons (Fsp3) is 0.769. The summed E-state index contributed by atoms with van der Waals surface area (Å²) in [5.41, 5.74) is 0. The van der Waals surface area contributed by atoms with Crippen LogP contribution in [0.15, 0.2) is 0 Å². The van der Waals surface area contributed by atoms with Gasteiger partial charge in [0.1, 0.15) is 5.82 Å². The molecule has 1 saturated heterocycles. The zero-order valence-electron chi connectivity index (χ0n) is 11.8. The maximum atomic E-state index is 11.9. The zero-order valence-corrected chi connectivity index (χ0v) is 11.8. The summed E-state index contributed by atoms with van der Waals surface area (Å²) in [5.74, 6) is 1.85. The van der Waals surface area contributed by atoms with Crippen LogP contribution in [0, 0.1) is 0 Å². The predicted octanol–water partition coefficient (Wildman–Crippen LogP) is 0.591. The van der Waals surface area contributed by atoms with Crippen LogP contribution >= 0.6 is 0 Å². The average Bonchev–Trinajstić information content (AvgIpc) is 3.14. The molecule has 2 amide bonds. The van der Waals surface area contributed by atoms with Crippen molar-refractivity contribution in [3.63, 3.8) is 0 Å². The maximum Gasteiger partial charge on any atom is 0.315 e. The van der Waals surface area contributed by atoms with Crippen LogP contribution in [-0.2, 0) is 24.2 Å². The van der Waals surface area contributed by atoms with E-state index in [0.717, 1.165) is 50.5 Å². The van der Waals surface area contributed by atoms with Gasteiger partial charge in [-0.3, -0.25) is 0 Å².